The first kappa shape index (κ1) is 20.0. The third kappa shape index (κ3) is 5.88. The van der Waals surface area contributed by atoms with Gasteiger partial charge in [0.15, 0.2) is 0 Å². The Morgan fingerprint density at radius 3 is 2.38 bits per heavy atom. The number of rotatable bonds is 9. The molecule has 0 unspecified atom stereocenters. The van der Waals surface area contributed by atoms with Crippen molar-refractivity contribution < 1.29 is 9.53 Å². The van der Waals surface area contributed by atoms with Crippen LogP contribution in [0.5, 0.6) is 5.75 Å². The van der Waals surface area contributed by atoms with E-state index in [4.69, 9.17) is 4.74 Å². The first-order valence-electron chi connectivity index (χ1n) is 9.17. The highest BCUT2D eigenvalue weighted by atomic mass is 16.5. The Morgan fingerprint density at radius 2 is 1.73 bits per heavy atom. The Morgan fingerprint density at radius 1 is 1.04 bits per heavy atom. The molecule has 0 aliphatic rings. The first-order chi connectivity index (χ1) is 12.5. The molecule has 0 radical (unpaired) electrons. The number of ether oxygens (including phenoxy) is 1. The first-order valence-corrected chi connectivity index (χ1v) is 9.17. The number of benzene rings is 2. The van der Waals surface area contributed by atoms with Crippen molar-refractivity contribution in [2.24, 2.45) is 0 Å². The number of methoxy groups -OCH3 is 1. The Kier molecular flexibility index (Phi) is 7.67. The van der Waals surface area contributed by atoms with Gasteiger partial charge in [0.2, 0.25) is 5.91 Å². The average molecular weight is 354 g/mol. The molecule has 4 heteroatoms. The molecule has 0 atom stereocenters. The van der Waals surface area contributed by atoms with Gasteiger partial charge < -0.3 is 9.64 Å². The SMILES string of the molecule is CCCN(Cc1ccc(C)cc1)C(=O)CN(C)Cc1ccccc1OC. The summed E-state index contributed by atoms with van der Waals surface area (Å²) in [5.41, 5.74) is 3.49. The summed E-state index contributed by atoms with van der Waals surface area (Å²) in [6.07, 6.45) is 0.952. The zero-order chi connectivity index (χ0) is 18.9. The molecule has 26 heavy (non-hydrogen) atoms. The van der Waals surface area contributed by atoms with Gasteiger partial charge in [0.25, 0.3) is 0 Å². The zero-order valence-corrected chi connectivity index (χ0v) is 16.4. The number of hydrogen-bond acceptors (Lipinski definition) is 3. The quantitative estimate of drug-likeness (QED) is 0.685. The highest BCUT2D eigenvalue weighted by Gasteiger charge is 2.16. The molecule has 2 rings (SSSR count). The van der Waals surface area contributed by atoms with Crippen LogP contribution in [0.4, 0.5) is 0 Å². The fourth-order valence-electron chi connectivity index (χ4n) is 2.99. The molecule has 0 aliphatic carbocycles. The number of nitrogens with zero attached hydrogens (tertiary/aromatic N) is 2. The summed E-state index contributed by atoms with van der Waals surface area (Å²) in [5.74, 6) is 1.02. The van der Waals surface area contributed by atoms with Crippen molar-refractivity contribution in [3.05, 3.63) is 65.2 Å². The molecule has 2 aromatic rings. The van der Waals surface area contributed by atoms with E-state index in [1.54, 1.807) is 7.11 Å². The summed E-state index contributed by atoms with van der Waals surface area (Å²) < 4.78 is 5.40. The normalized spacial score (nSPS) is 10.8. The third-order valence-electron chi connectivity index (χ3n) is 4.38. The Balaban J connectivity index is 1.98. The molecule has 0 spiro atoms. The number of hydrogen-bond donors (Lipinski definition) is 0. The standard InChI is InChI=1S/C22H30N2O2/c1-5-14-24(15-19-12-10-18(2)11-13-19)22(25)17-23(3)16-20-8-6-7-9-21(20)26-4/h6-13H,5,14-17H2,1-4H3. The Hall–Kier alpha value is -2.33. The van der Waals surface area contributed by atoms with Crippen LogP contribution in [0.3, 0.4) is 0 Å². The van der Waals surface area contributed by atoms with Crippen LogP contribution in [-0.4, -0.2) is 43.0 Å². The molecule has 0 N–H and O–H groups in total. The lowest BCUT2D eigenvalue weighted by atomic mass is 10.1. The summed E-state index contributed by atoms with van der Waals surface area (Å²) >= 11 is 0. The lowest BCUT2D eigenvalue weighted by Gasteiger charge is -2.26. The van der Waals surface area contributed by atoms with Crippen molar-refractivity contribution in [2.45, 2.75) is 33.4 Å². The van der Waals surface area contributed by atoms with Crippen LogP contribution < -0.4 is 4.74 Å². The maximum atomic E-state index is 12.8. The van der Waals surface area contributed by atoms with Crippen molar-refractivity contribution in [1.29, 1.82) is 0 Å². The summed E-state index contributed by atoms with van der Waals surface area (Å²) in [7, 11) is 3.65. The molecule has 0 heterocycles. The van der Waals surface area contributed by atoms with E-state index in [9.17, 15) is 4.79 Å². The number of amides is 1. The van der Waals surface area contributed by atoms with Gasteiger partial charge in [0.05, 0.1) is 13.7 Å². The van der Waals surface area contributed by atoms with E-state index in [1.807, 2.05) is 41.1 Å². The van der Waals surface area contributed by atoms with Crippen molar-refractivity contribution >= 4 is 5.91 Å². The smallest absolute Gasteiger partial charge is 0.237 e. The van der Waals surface area contributed by atoms with Gasteiger partial charge in [-0.05, 0) is 32.0 Å². The van der Waals surface area contributed by atoms with E-state index in [2.05, 4.69) is 38.1 Å². The summed E-state index contributed by atoms with van der Waals surface area (Å²) in [6, 6.07) is 16.3. The van der Waals surface area contributed by atoms with Crippen molar-refractivity contribution in [1.82, 2.24) is 9.80 Å². The summed E-state index contributed by atoms with van der Waals surface area (Å²) in [4.78, 5) is 16.8. The second kappa shape index (κ2) is 9.97. The molecule has 0 bridgehead atoms. The largest absolute Gasteiger partial charge is 0.496 e. The highest BCUT2D eigenvalue weighted by molar-refractivity contribution is 5.78. The van der Waals surface area contributed by atoms with E-state index >= 15 is 0 Å². The third-order valence-corrected chi connectivity index (χ3v) is 4.38. The van der Waals surface area contributed by atoms with E-state index in [0.29, 0.717) is 19.6 Å². The van der Waals surface area contributed by atoms with Gasteiger partial charge >= 0.3 is 0 Å². The number of aryl methyl sites for hydroxylation is 1. The number of carbonyl (C=O) groups excluding carboxylic acids is 1. The molecule has 1 amide bonds. The molecule has 0 fully saturated rings. The summed E-state index contributed by atoms with van der Waals surface area (Å²) in [5, 5.41) is 0. The maximum Gasteiger partial charge on any atom is 0.237 e. The van der Waals surface area contributed by atoms with Crippen LogP contribution in [0.25, 0.3) is 0 Å². The average Bonchev–Trinajstić information content (AvgIpc) is 2.63. The lowest BCUT2D eigenvalue weighted by Crippen LogP contribution is -2.38. The molecule has 4 nitrogen and oxygen atoms in total. The van der Waals surface area contributed by atoms with Crippen LogP contribution in [-0.2, 0) is 17.9 Å². The minimum Gasteiger partial charge on any atom is -0.496 e. The van der Waals surface area contributed by atoms with Crippen molar-refractivity contribution in [3.8, 4) is 5.75 Å². The molecule has 140 valence electrons. The van der Waals surface area contributed by atoms with Crippen LogP contribution in [0, 0.1) is 6.92 Å². The van der Waals surface area contributed by atoms with Crippen LogP contribution in [0.2, 0.25) is 0 Å². The van der Waals surface area contributed by atoms with Gasteiger partial charge in [0, 0.05) is 25.2 Å². The monoisotopic (exact) mass is 354 g/mol. The van der Waals surface area contributed by atoms with Crippen LogP contribution in [0.1, 0.15) is 30.0 Å². The van der Waals surface area contributed by atoms with Gasteiger partial charge in [-0.3, -0.25) is 9.69 Å². The van der Waals surface area contributed by atoms with Gasteiger partial charge in [-0.15, -0.1) is 0 Å². The molecular weight excluding hydrogens is 324 g/mol. The van der Waals surface area contributed by atoms with Gasteiger partial charge in [-0.1, -0.05) is 55.0 Å². The summed E-state index contributed by atoms with van der Waals surface area (Å²) in [6.45, 7) is 6.69. The van der Waals surface area contributed by atoms with E-state index in [-0.39, 0.29) is 5.91 Å². The maximum absolute atomic E-state index is 12.8. The number of carbonyl (C=O) groups is 1. The number of para-hydroxylation sites is 1. The van der Waals surface area contributed by atoms with Crippen molar-refractivity contribution in [2.75, 3.05) is 27.2 Å². The lowest BCUT2D eigenvalue weighted by molar-refractivity contribution is -0.132. The molecule has 2 aromatic carbocycles. The fourth-order valence-corrected chi connectivity index (χ4v) is 2.99. The minimum atomic E-state index is 0.157. The topological polar surface area (TPSA) is 32.8 Å². The van der Waals surface area contributed by atoms with Gasteiger partial charge in [0.1, 0.15) is 5.75 Å². The molecule has 0 aliphatic heterocycles. The number of likely N-dealkylation sites (N-methyl/N-ethyl adjacent to an activating group) is 1. The fraction of sp³-hybridized carbons (Fsp3) is 0.409. The molecular formula is C22H30N2O2. The molecule has 0 saturated carbocycles. The van der Waals surface area contributed by atoms with E-state index < -0.39 is 0 Å². The highest BCUT2D eigenvalue weighted by Crippen LogP contribution is 2.18. The van der Waals surface area contributed by atoms with E-state index in [1.165, 1.54) is 11.1 Å². The Bertz CT molecular complexity index is 698. The Labute approximate surface area is 157 Å². The molecule has 0 saturated heterocycles. The minimum absolute atomic E-state index is 0.157. The van der Waals surface area contributed by atoms with Crippen LogP contribution >= 0.6 is 0 Å². The van der Waals surface area contributed by atoms with Gasteiger partial charge in [-0.2, -0.15) is 0 Å². The predicted octanol–water partition coefficient (Wildman–Crippen LogP) is 3.87. The van der Waals surface area contributed by atoms with Gasteiger partial charge in [-0.25, -0.2) is 0 Å². The second-order valence-corrected chi connectivity index (χ2v) is 6.79. The molecule has 0 aromatic heterocycles. The van der Waals surface area contributed by atoms with E-state index in [0.717, 1.165) is 24.3 Å². The van der Waals surface area contributed by atoms with Crippen LogP contribution in [0.15, 0.2) is 48.5 Å². The second-order valence-electron chi connectivity index (χ2n) is 6.79. The zero-order valence-electron chi connectivity index (χ0n) is 16.4. The van der Waals surface area contributed by atoms with Crippen molar-refractivity contribution in [3.63, 3.8) is 0 Å². The predicted molar refractivity (Wildman–Crippen MR) is 106 cm³/mol.